The van der Waals surface area contributed by atoms with Crippen LogP contribution < -0.4 is 0 Å². The molecule has 0 radical (unpaired) electrons. The molecule has 0 saturated heterocycles. The van der Waals surface area contributed by atoms with Gasteiger partial charge >= 0.3 is 0 Å². The van der Waals surface area contributed by atoms with Gasteiger partial charge in [-0.25, -0.2) is 0 Å². The molecule has 1 heteroatoms. The third kappa shape index (κ3) is 4.17. The molecule has 1 nitrogen and oxygen atoms in total. The Morgan fingerprint density at radius 1 is 0.289 bits per heavy atom. The molecule has 0 aliphatic heterocycles. The monoisotopic (exact) mass is 572 g/mol. The zero-order valence-corrected chi connectivity index (χ0v) is 24.6. The molecular weight excluding hydrogens is 544 g/mol. The van der Waals surface area contributed by atoms with E-state index in [1.807, 2.05) is 0 Å². The van der Waals surface area contributed by atoms with Gasteiger partial charge in [-0.3, -0.25) is 0 Å². The summed E-state index contributed by atoms with van der Waals surface area (Å²) >= 11 is 0. The number of benzene rings is 8. The molecule has 9 aromatic rings. The van der Waals surface area contributed by atoms with Gasteiger partial charge in [-0.2, -0.15) is 0 Å². The maximum Gasteiger partial charge on any atom is 0.143 e. The van der Waals surface area contributed by atoms with E-state index < -0.39 is 0 Å². The van der Waals surface area contributed by atoms with Gasteiger partial charge in [0.25, 0.3) is 0 Å². The maximum atomic E-state index is 6.83. The normalized spacial score (nSPS) is 11.6. The van der Waals surface area contributed by atoms with E-state index in [0.717, 1.165) is 33.1 Å². The summed E-state index contributed by atoms with van der Waals surface area (Å²) in [5, 5.41) is 7.19. The van der Waals surface area contributed by atoms with Crippen LogP contribution in [0.3, 0.4) is 0 Å². The fraction of sp³-hybridized carbons (Fsp3) is 0. The van der Waals surface area contributed by atoms with E-state index in [-0.39, 0.29) is 0 Å². The molecule has 0 aliphatic carbocycles. The largest absolute Gasteiger partial charge is 0.455 e. The van der Waals surface area contributed by atoms with Gasteiger partial charge in [0.05, 0.1) is 0 Å². The van der Waals surface area contributed by atoms with Crippen molar-refractivity contribution < 1.29 is 4.42 Å². The lowest BCUT2D eigenvalue weighted by Crippen LogP contribution is -1.90. The summed E-state index contributed by atoms with van der Waals surface area (Å²) in [5.74, 6) is 0. The fourth-order valence-electron chi connectivity index (χ4n) is 7.02. The highest BCUT2D eigenvalue weighted by atomic mass is 16.3. The van der Waals surface area contributed by atoms with Crippen molar-refractivity contribution in [2.75, 3.05) is 0 Å². The molecule has 1 heterocycles. The van der Waals surface area contributed by atoms with Crippen molar-refractivity contribution in [3.8, 4) is 44.5 Å². The first-order valence-corrected chi connectivity index (χ1v) is 15.4. The van der Waals surface area contributed by atoms with Crippen LogP contribution in [0.5, 0.6) is 0 Å². The Morgan fingerprint density at radius 2 is 0.778 bits per heavy atom. The molecule has 0 aliphatic rings. The highest BCUT2D eigenvalue weighted by molar-refractivity contribution is 6.24. The summed E-state index contributed by atoms with van der Waals surface area (Å²) < 4.78 is 6.83. The Labute approximate surface area is 261 Å². The van der Waals surface area contributed by atoms with Crippen LogP contribution in [0, 0.1) is 0 Å². The van der Waals surface area contributed by atoms with E-state index >= 15 is 0 Å². The number of rotatable bonds is 4. The Kier molecular flexibility index (Phi) is 5.89. The molecule has 210 valence electrons. The molecule has 9 rings (SSSR count). The zero-order valence-electron chi connectivity index (χ0n) is 24.6. The quantitative estimate of drug-likeness (QED) is 0.191. The lowest BCUT2D eigenvalue weighted by atomic mass is 9.85. The van der Waals surface area contributed by atoms with Crippen LogP contribution in [0.25, 0.3) is 88.0 Å². The van der Waals surface area contributed by atoms with Gasteiger partial charge in [0.2, 0.25) is 0 Å². The second-order valence-corrected chi connectivity index (χ2v) is 11.6. The van der Waals surface area contributed by atoms with E-state index in [4.69, 9.17) is 4.42 Å². The molecule has 45 heavy (non-hydrogen) atoms. The fourth-order valence-corrected chi connectivity index (χ4v) is 7.02. The Hall–Kier alpha value is -5.92. The number of para-hydroxylation sites is 1. The SMILES string of the molecule is c1ccc(-c2cccc(-c3ccc4c(c3)oc3c(-c5c6ccccc6c(-c6ccccc6)c6ccccc56)cccc34)c2)cc1. The van der Waals surface area contributed by atoms with Gasteiger partial charge in [0.15, 0.2) is 0 Å². The van der Waals surface area contributed by atoms with Crippen molar-refractivity contribution in [3.63, 3.8) is 0 Å². The summed E-state index contributed by atoms with van der Waals surface area (Å²) in [4.78, 5) is 0. The van der Waals surface area contributed by atoms with Crippen molar-refractivity contribution in [1.29, 1.82) is 0 Å². The topological polar surface area (TPSA) is 13.1 Å². The molecule has 0 atom stereocenters. The maximum absolute atomic E-state index is 6.83. The average Bonchev–Trinajstić information content (AvgIpc) is 3.50. The second-order valence-electron chi connectivity index (χ2n) is 11.6. The van der Waals surface area contributed by atoms with E-state index in [2.05, 4.69) is 170 Å². The van der Waals surface area contributed by atoms with Crippen molar-refractivity contribution >= 4 is 43.5 Å². The summed E-state index contributed by atoms with van der Waals surface area (Å²) in [6.45, 7) is 0. The van der Waals surface area contributed by atoms with Gasteiger partial charge in [-0.15, -0.1) is 0 Å². The van der Waals surface area contributed by atoms with E-state index in [0.29, 0.717) is 0 Å². The van der Waals surface area contributed by atoms with Crippen molar-refractivity contribution in [2.24, 2.45) is 0 Å². The molecule has 0 fully saturated rings. The van der Waals surface area contributed by atoms with Crippen molar-refractivity contribution in [2.45, 2.75) is 0 Å². The number of furan rings is 1. The molecule has 0 N–H and O–H groups in total. The Morgan fingerprint density at radius 3 is 1.44 bits per heavy atom. The van der Waals surface area contributed by atoms with Crippen molar-refractivity contribution in [3.05, 3.63) is 170 Å². The summed E-state index contributed by atoms with van der Waals surface area (Å²) in [7, 11) is 0. The zero-order chi connectivity index (χ0) is 29.7. The lowest BCUT2D eigenvalue weighted by molar-refractivity contribution is 0.670. The summed E-state index contributed by atoms with van der Waals surface area (Å²) in [6.07, 6.45) is 0. The Bertz CT molecular complexity index is 2460. The summed E-state index contributed by atoms with van der Waals surface area (Å²) in [5.41, 5.74) is 11.4. The first-order chi connectivity index (χ1) is 22.3. The van der Waals surface area contributed by atoms with Gasteiger partial charge in [0.1, 0.15) is 11.2 Å². The highest BCUT2D eigenvalue weighted by Crippen LogP contribution is 2.46. The van der Waals surface area contributed by atoms with Crippen LogP contribution in [0.2, 0.25) is 0 Å². The molecular formula is C44H28O. The van der Waals surface area contributed by atoms with Gasteiger partial charge < -0.3 is 4.42 Å². The predicted molar refractivity (Wildman–Crippen MR) is 190 cm³/mol. The van der Waals surface area contributed by atoms with Crippen LogP contribution in [0.4, 0.5) is 0 Å². The molecule has 0 bridgehead atoms. The number of hydrogen-bond acceptors (Lipinski definition) is 1. The minimum Gasteiger partial charge on any atom is -0.455 e. The van der Waals surface area contributed by atoms with Crippen LogP contribution in [0.1, 0.15) is 0 Å². The molecule has 0 spiro atoms. The predicted octanol–water partition coefficient (Wildman–Crippen LogP) is 12.6. The summed E-state index contributed by atoms with van der Waals surface area (Å²) in [6, 6.07) is 60.8. The van der Waals surface area contributed by atoms with Gasteiger partial charge in [0, 0.05) is 21.9 Å². The first-order valence-electron chi connectivity index (χ1n) is 15.4. The van der Waals surface area contributed by atoms with Gasteiger partial charge in [-0.05, 0) is 73.1 Å². The third-order valence-electron chi connectivity index (χ3n) is 9.07. The van der Waals surface area contributed by atoms with E-state index in [1.54, 1.807) is 0 Å². The molecule has 1 aromatic heterocycles. The van der Waals surface area contributed by atoms with E-state index in [1.165, 1.54) is 54.9 Å². The van der Waals surface area contributed by atoms with Crippen LogP contribution in [-0.4, -0.2) is 0 Å². The minimum atomic E-state index is 0.898. The smallest absolute Gasteiger partial charge is 0.143 e. The molecule has 8 aromatic carbocycles. The highest BCUT2D eigenvalue weighted by Gasteiger charge is 2.20. The lowest BCUT2D eigenvalue weighted by Gasteiger charge is -2.17. The third-order valence-corrected chi connectivity index (χ3v) is 9.07. The number of hydrogen-bond donors (Lipinski definition) is 0. The number of fused-ring (bicyclic) bond motifs is 5. The van der Waals surface area contributed by atoms with Crippen LogP contribution in [0.15, 0.2) is 174 Å². The minimum absolute atomic E-state index is 0.898. The standard InChI is InChI=1S/C44H28O/c1-3-13-29(14-4-1)31-17-11-18-32(27-31)33-25-26-34-39-23-12-24-40(44(39)45-41(34)28-33)43-37-21-9-7-19-35(37)42(30-15-5-2-6-16-30)36-20-8-10-22-38(36)43/h1-28H. The van der Waals surface area contributed by atoms with Crippen LogP contribution in [-0.2, 0) is 0 Å². The molecule has 0 amide bonds. The Balaban J connectivity index is 1.27. The second kappa shape index (κ2) is 10.4. The average molecular weight is 573 g/mol. The molecule has 0 saturated carbocycles. The van der Waals surface area contributed by atoms with Crippen LogP contribution >= 0.6 is 0 Å². The van der Waals surface area contributed by atoms with Crippen molar-refractivity contribution in [1.82, 2.24) is 0 Å². The molecule has 0 unspecified atom stereocenters. The van der Waals surface area contributed by atoms with E-state index in [9.17, 15) is 0 Å². The first kappa shape index (κ1) is 25.6. The van der Waals surface area contributed by atoms with Gasteiger partial charge in [-0.1, -0.05) is 152 Å².